The van der Waals surface area contributed by atoms with Crippen molar-refractivity contribution in [3.63, 3.8) is 0 Å². The Kier molecular flexibility index (Phi) is 5.45. The van der Waals surface area contributed by atoms with Crippen LogP contribution in [0.25, 0.3) is 10.9 Å². The van der Waals surface area contributed by atoms with Gasteiger partial charge in [0.25, 0.3) is 11.5 Å². The number of nitrogens with zero attached hydrogens (tertiary/aromatic N) is 3. The summed E-state index contributed by atoms with van der Waals surface area (Å²) in [6.07, 6.45) is 0. The molecule has 0 radical (unpaired) electrons. The standard InChI is InChI=1S/C23H25N3O4S/c1-16-8-9-21(17(2)14-16)31(29,30)26-12-10-25(11-13-26)23(28)19-15-22(27)24(3)20-7-5-4-6-18(19)20/h4-9,14-15H,10-13H2,1-3H3. The molecule has 162 valence electrons. The maximum absolute atomic E-state index is 13.2. The van der Waals surface area contributed by atoms with Crippen LogP contribution in [0, 0.1) is 13.8 Å². The zero-order valence-corrected chi connectivity index (χ0v) is 18.6. The van der Waals surface area contributed by atoms with Gasteiger partial charge in [0.15, 0.2) is 0 Å². The van der Waals surface area contributed by atoms with Crippen LogP contribution in [0.1, 0.15) is 21.5 Å². The molecule has 2 heterocycles. The van der Waals surface area contributed by atoms with Crippen LogP contribution in [-0.2, 0) is 17.1 Å². The molecule has 1 amide bonds. The van der Waals surface area contributed by atoms with Crippen molar-refractivity contribution < 1.29 is 13.2 Å². The van der Waals surface area contributed by atoms with Gasteiger partial charge >= 0.3 is 0 Å². The van der Waals surface area contributed by atoms with E-state index in [1.165, 1.54) is 14.9 Å². The van der Waals surface area contributed by atoms with Gasteiger partial charge in [0.05, 0.1) is 16.0 Å². The minimum atomic E-state index is -3.63. The Morgan fingerprint density at radius 2 is 1.61 bits per heavy atom. The fourth-order valence-corrected chi connectivity index (χ4v) is 5.75. The number of aromatic nitrogens is 1. The third-order valence-electron chi connectivity index (χ3n) is 5.86. The van der Waals surface area contributed by atoms with E-state index in [2.05, 4.69) is 0 Å². The molecule has 0 unspecified atom stereocenters. The molecular formula is C23H25N3O4S. The minimum absolute atomic E-state index is 0.212. The Morgan fingerprint density at radius 3 is 2.29 bits per heavy atom. The van der Waals surface area contributed by atoms with E-state index in [0.29, 0.717) is 26.9 Å². The van der Waals surface area contributed by atoms with E-state index in [-0.39, 0.29) is 37.6 Å². The second kappa shape index (κ2) is 7.94. The van der Waals surface area contributed by atoms with Crippen LogP contribution in [0.4, 0.5) is 0 Å². The van der Waals surface area contributed by atoms with Crippen LogP contribution >= 0.6 is 0 Å². The molecule has 1 aliphatic rings. The van der Waals surface area contributed by atoms with E-state index in [9.17, 15) is 18.0 Å². The summed E-state index contributed by atoms with van der Waals surface area (Å²) in [7, 11) is -1.95. The second-order valence-electron chi connectivity index (χ2n) is 7.94. The lowest BCUT2D eigenvalue weighted by Crippen LogP contribution is -2.50. The lowest BCUT2D eigenvalue weighted by Gasteiger charge is -2.34. The summed E-state index contributed by atoms with van der Waals surface area (Å²) >= 11 is 0. The molecule has 1 aromatic heterocycles. The van der Waals surface area contributed by atoms with Gasteiger partial charge in [0.1, 0.15) is 0 Å². The van der Waals surface area contributed by atoms with Gasteiger partial charge in [-0.05, 0) is 31.5 Å². The number of amides is 1. The monoisotopic (exact) mass is 439 g/mol. The molecule has 0 N–H and O–H groups in total. The van der Waals surface area contributed by atoms with E-state index in [1.54, 1.807) is 31.0 Å². The SMILES string of the molecule is Cc1ccc(S(=O)(=O)N2CCN(C(=O)c3cc(=O)n(C)c4ccccc34)CC2)c(C)c1. The Bertz CT molecular complexity index is 1340. The molecule has 4 rings (SSSR count). The van der Waals surface area contributed by atoms with Gasteiger partial charge in [0, 0.05) is 44.7 Å². The number of para-hydroxylation sites is 1. The second-order valence-corrected chi connectivity index (χ2v) is 9.84. The first kappa shape index (κ1) is 21.3. The summed E-state index contributed by atoms with van der Waals surface area (Å²) in [5, 5.41) is 0.708. The van der Waals surface area contributed by atoms with Crippen molar-refractivity contribution in [2.24, 2.45) is 7.05 Å². The normalized spacial score (nSPS) is 15.4. The molecule has 0 aliphatic carbocycles. The predicted molar refractivity (Wildman–Crippen MR) is 120 cm³/mol. The van der Waals surface area contributed by atoms with E-state index < -0.39 is 10.0 Å². The molecule has 31 heavy (non-hydrogen) atoms. The van der Waals surface area contributed by atoms with Gasteiger partial charge in [-0.25, -0.2) is 8.42 Å². The quantitative estimate of drug-likeness (QED) is 0.627. The number of carbonyl (C=O) groups excluding carboxylic acids is 1. The van der Waals surface area contributed by atoms with Crippen molar-refractivity contribution in [2.75, 3.05) is 26.2 Å². The van der Waals surface area contributed by atoms with Gasteiger partial charge in [0.2, 0.25) is 10.0 Å². The van der Waals surface area contributed by atoms with Crippen LogP contribution in [0.5, 0.6) is 0 Å². The van der Waals surface area contributed by atoms with Crippen molar-refractivity contribution in [3.05, 3.63) is 75.6 Å². The molecule has 0 spiro atoms. The molecule has 1 saturated heterocycles. The molecule has 0 atom stereocenters. The van der Waals surface area contributed by atoms with Crippen LogP contribution in [0.2, 0.25) is 0 Å². The average molecular weight is 440 g/mol. The minimum Gasteiger partial charge on any atom is -0.336 e. The highest BCUT2D eigenvalue weighted by Crippen LogP contribution is 2.23. The largest absolute Gasteiger partial charge is 0.336 e. The summed E-state index contributed by atoms with van der Waals surface area (Å²) in [5.74, 6) is -0.252. The molecular weight excluding hydrogens is 414 g/mol. The van der Waals surface area contributed by atoms with Crippen molar-refractivity contribution >= 4 is 26.8 Å². The maximum atomic E-state index is 13.2. The summed E-state index contributed by atoms with van der Waals surface area (Å²) in [6.45, 7) is 4.68. The fraction of sp³-hybridized carbons (Fsp3) is 0.304. The number of benzene rings is 2. The summed E-state index contributed by atoms with van der Waals surface area (Å²) in [5.41, 5.74) is 2.51. The average Bonchev–Trinajstić information content (AvgIpc) is 2.75. The Labute approximate surface area is 181 Å². The van der Waals surface area contributed by atoms with Gasteiger partial charge in [-0.1, -0.05) is 35.9 Å². The molecule has 7 nitrogen and oxygen atoms in total. The van der Waals surface area contributed by atoms with Crippen molar-refractivity contribution in [3.8, 4) is 0 Å². The molecule has 2 aromatic carbocycles. The smallest absolute Gasteiger partial charge is 0.254 e. The Hall–Kier alpha value is -2.97. The van der Waals surface area contributed by atoms with Gasteiger partial charge in [-0.15, -0.1) is 0 Å². The summed E-state index contributed by atoms with van der Waals surface area (Å²) in [6, 6.07) is 13.9. The number of pyridine rings is 1. The third kappa shape index (κ3) is 3.77. The lowest BCUT2D eigenvalue weighted by molar-refractivity contribution is 0.0699. The molecule has 8 heteroatoms. The topological polar surface area (TPSA) is 79.7 Å². The zero-order chi connectivity index (χ0) is 22.3. The maximum Gasteiger partial charge on any atom is 0.254 e. The van der Waals surface area contributed by atoms with Crippen LogP contribution in [0.3, 0.4) is 0 Å². The van der Waals surface area contributed by atoms with Crippen LogP contribution in [0.15, 0.2) is 58.2 Å². The highest BCUT2D eigenvalue weighted by Gasteiger charge is 2.32. The van der Waals surface area contributed by atoms with Crippen molar-refractivity contribution in [1.29, 1.82) is 0 Å². The van der Waals surface area contributed by atoms with E-state index in [4.69, 9.17) is 0 Å². The summed E-state index contributed by atoms with van der Waals surface area (Å²) in [4.78, 5) is 27.5. The van der Waals surface area contributed by atoms with Crippen molar-refractivity contribution in [1.82, 2.24) is 13.8 Å². The molecule has 0 bridgehead atoms. The number of aryl methyl sites for hydroxylation is 3. The third-order valence-corrected chi connectivity index (χ3v) is 7.92. The van der Waals surface area contributed by atoms with Gasteiger partial charge in [-0.3, -0.25) is 9.59 Å². The highest BCUT2D eigenvalue weighted by atomic mass is 32.2. The number of carbonyl (C=O) groups is 1. The van der Waals surface area contributed by atoms with E-state index >= 15 is 0 Å². The van der Waals surface area contributed by atoms with Crippen LogP contribution in [-0.4, -0.2) is 54.3 Å². The Morgan fingerprint density at radius 1 is 0.935 bits per heavy atom. The highest BCUT2D eigenvalue weighted by molar-refractivity contribution is 7.89. The van der Waals surface area contributed by atoms with E-state index in [1.807, 2.05) is 37.3 Å². The predicted octanol–water partition coefficient (Wildman–Crippen LogP) is 2.30. The number of hydrogen-bond donors (Lipinski definition) is 0. The fourth-order valence-electron chi connectivity index (χ4n) is 4.12. The summed E-state index contributed by atoms with van der Waals surface area (Å²) < 4.78 is 29.1. The van der Waals surface area contributed by atoms with Gasteiger partial charge < -0.3 is 9.47 Å². The zero-order valence-electron chi connectivity index (χ0n) is 17.8. The molecule has 3 aromatic rings. The van der Waals surface area contributed by atoms with Gasteiger partial charge in [-0.2, -0.15) is 4.31 Å². The number of sulfonamides is 1. The lowest BCUT2D eigenvalue weighted by atomic mass is 10.1. The molecule has 0 saturated carbocycles. The first-order chi connectivity index (χ1) is 14.7. The van der Waals surface area contributed by atoms with E-state index in [0.717, 1.165) is 5.56 Å². The first-order valence-electron chi connectivity index (χ1n) is 10.2. The van der Waals surface area contributed by atoms with Crippen molar-refractivity contribution in [2.45, 2.75) is 18.7 Å². The number of fused-ring (bicyclic) bond motifs is 1. The molecule has 1 aliphatic heterocycles. The first-order valence-corrected chi connectivity index (χ1v) is 11.6. The van der Waals surface area contributed by atoms with Crippen LogP contribution < -0.4 is 5.56 Å². The number of piperazine rings is 1. The number of hydrogen-bond acceptors (Lipinski definition) is 4. The number of rotatable bonds is 3. The Balaban J connectivity index is 1.57. The molecule has 1 fully saturated rings.